The standard InChI is InChI=1S/C13H17FN2O4/c1-9(17)6-11-8-20-5-4-15(11)13-3-2-10(16(18)19)7-12(13)14/h2-3,7,9,11,17H,4-6,8H2,1H3. The van der Waals surface area contributed by atoms with Gasteiger partial charge in [-0.3, -0.25) is 10.1 Å². The molecule has 1 aliphatic heterocycles. The number of nitrogens with zero attached hydrogens (tertiary/aromatic N) is 2. The molecular formula is C13H17FN2O4. The molecule has 1 aromatic rings. The van der Waals surface area contributed by atoms with Gasteiger partial charge in [0.25, 0.3) is 5.69 Å². The molecule has 1 saturated heterocycles. The summed E-state index contributed by atoms with van der Waals surface area (Å²) in [7, 11) is 0. The quantitative estimate of drug-likeness (QED) is 0.673. The molecule has 0 aromatic heterocycles. The number of aliphatic hydroxyl groups excluding tert-OH is 1. The van der Waals surface area contributed by atoms with Crippen LogP contribution >= 0.6 is 0 Å². The number of nitro groups is 1. The molecule has 0 amide bonds. The second kappa shape index (κ2) is 6.15. The van der Waals surface area contributed by atoms with Crippen LogP contribution in [0.2, 0.25) is 0 Å². The van der Waals surface area contributed by atoms with Crippen LogP contribution in [0.25, 0.3) is 0 Å². The van der Waals surface area contributed by atoms with Crippen molar-refractivity contribution in [2.75, 3.05) is 24.7 Å². The molecule has 110 valence electrons. The molecule has 0 radical (unpaired) electrons. The lowest BCUT2D eigenvalue weighted by atomic mass is 10.1. The third-order valence-corrected chi connectivity index (χ3v) is 3.29. The largest absolute Gasteiger partial charge is 0.393 e. The second-order valence-electron chi connectivity index (χ2n) is 4.90. The zero-order valence-corrected chi connectivity index (χ0v) is 11.2. The van der Waals surface area contributed by atoms with E-state index in [1.54, 1.807) is 11.8 Å². The smallest absolute Gasteiger partial charge is 0.272 e. The average Bonchev–Trinajstić information content (AvgIpc) is 2.39. The summed E-state index contributed by atoms with van der Waals surface area (Å²) in [6.45, 7) is 3.03. The van der Waals surface area contributed by atoms with Crippen molar-refractivity contribution in [3.8, 4) is 0 Å². The van der Waals surface area contributed by atoms with E-state index in [0.717, 1.165) is 6.07 Å². The Balaban J connectivity index is 2.25. The van der Waals surface area contributed by atoms with Crippen LogP contribution in [0.5, 0.6) is 0 Å². The van der Waals surface area contributed by atoms with Crippen molar-refractivity contribution < 1.29 is 19.2 Å². The van der Waals surface area contributed by atoms with Crippen LogP contribution in [-0.4, -0.2) is 41.9 Å². The number of morpholine rings is 1. The van der Waals surface area contributed by atoms with Gasteiger partial charge < -0.3 is 14.7 Å². The first-order valence-electron chi connectivity index (χ1n) is 6.45. The molecule has 0 spiro atoms. The summed E-state index contributed by atoms with van der Waals surface area (Å²) in [5.74, 6) is -0.628. The predicted octanol–water partition coefficient (Wildman–Crippen LogP) is 1.71. The van der Waals surface area contributed by atoms with Gasteiger partial charge in [0.1, 0.15) is 0 Å². The summed E-state index contributed by atoms with van der Waals surface area (Å²) >= 11 is 0. The molecule has 1 heterocycles. The van der Waals surface area contributed by atoms with Gasteiger partial charge in [-0.2, -0.15) is 0 Å². The fourth-order valence-electron chi connectivity index (χ4n) is 2.40. The Bertz CT molecular complexity index is 495. The van der Waals surface area contributed by atoms with Crippen molar-refractivity contribution in [1.82, 2.24) is 0 Å². The maximum absolute atomic E-state index is 14.1. The van der Waals surface area contributed by atoms with E-state index >= 15 is 0 Å². The summed E-state index contributed by atoms with van der Waals surface area (Å²) < 4.78 is 19.4. The van der Waals surface area contributed by atoms with Crippen LogP contribution in [0.15, 0.2) is 18.2 Å². The second-order valence-corrected chi connectivity index (χ2v) is 4.90. The zero-order chi connectivity index (χ0) is 14.7. The van der Waals surface area contributed by atoms with Crippen molar-refractivity contribution in [2.45, 2.75) is 25.5 Å². The summed E-state index contributed by atoms with van der Waals surface area (Å²) in [5, 5.41) is 20.1. The number of halogens is 1. The lowest BCUT2D eigenvalue weighted by molar-refractivity contribution is -0.385. The molecule has 0 bridgehead atoms. The highest BCUT2D eigenvalue weighted by Crippen LogP contribution is 2.28. The van der Waals surface area contributed by atoms with Crippen LogP contribution in [0.4, 0.5) is 15.8 Å². The monoisotopic (exact) mass is 284 g/mol. The number of benzene rings is 1. The lowest BCUT2D eigenvalue weighted by Crippen LogP contribution is -2.47. The molecule has 7 heteroatoms. The Kier molecular flexibility index (Phi) is 4.51. The Morgan fingerprint density at radius 1 is 1.65 bits per heavy atom. The van der Waals surface area contributed by atoms with Crippen LogP contribution in [0, 0.1) is 15.9 Å². The Hall–Kier alpha value is -1.73. The number of non-ortho nitro benzene ring substituents is 1. The van der Waals surface area contributed by atoms with Gasteiger partial charge in [-0.05, 0) is 19.4 Å². The molecule has 2 rings (SSSR count). The third-order valence-electron chi connectivity index (χ3n) is 3.29. The first-order valence-corrected chi connectivity index (χ1v) is 6.45. The summed E-state index contributed by atoms with van der Waals surface area (Å²) in [4.78, 5) is 11.8. The first-order chi connectivity index (χ1) is 9.49. The molecule has 0 aliphatic carbocycles. The number of ether oxygens (including phenoxy) is 1. The average molecular weight is 284 g/mol. The van der Waals surface area contributed by atoms with Crippen LogP contribution in [0.1, 0.15) is 13.3 Å². The Morgan fingerprint density at radius 3 is 3.00 bits per heavy atom. The van der Waals surface area contributed by atoms with E-state index in [1.165, 1.54) is 12.1 Å². The highest BCUT2D eigenvalue weighted by atomic mass is 19.1. The van der Waals surface area contributed by atoms with Crippen LogP contribution < -0.4 is 4.90 Å². The van der Waals surface area contributed by atoms with Gasteiger partial charge in [0, 0.05) is 12.6 Å². The fraction of sp³-hybridized carbons (Fsp3) is 0.538. The SMILES string of the molecule is CC(O)CC1COCCN1c1ccc([N+](=O)[O-])cc1F. The third kappa shape index (κ3) is 3.23. The van der Waals surface area contributed by atoms with E-state index in [4.69, 9.17) is 4.74 Å². The van der Waals surface area contributed by atoms with Gasteiger partial charge in [-0.25, -0.2) is 4.39 Å². The highest BCUT2D eigenvalue weighted by Gasteiger charge is 2.27. The van der Waals surface area contributed by atoms with Gasteiger partial charge in [0.2, 0.25) is 0 Å². The van der Waals surface area contributed by atoms with Crippen LogP contribution in [0.3, 0.4) is 0 Å². The normalized spacial score (nSPS) is 20.8. The van der Waals surface area contributed by atoms with Crippen LogP contribution in [-0.2, 0) is 4.74 Å². The minimum Gasteiger partial charge on any atom is -0.393 e. The zero-order valence-electron chi connectivity index (χ0n) is 11.2. The summed E-state index contributed by atoms with van der Waals surface area (Å²) in [6.07, 6.45) is -0.0681. The minimum atomic E-state index is -0.628. The molecule has 6 nitrogen and oxygen atoms in total. The molecule has 1 N–H and O–H groups in total. The van der Waals surface area contributed by atoms with Crippen molar-refractivity contribution in [2.24, 2.45) is 0 Å². The molecule has 20 heavy (non-hydrogen) atoms. The number of aliphatic hydroxyl groups is 1. The van der Waals surface area contributed by atoms with E-state index in [0.29, 0.717) is 31.9 Å². The summed E-state index contributed by atoms with van der Waals surface area (Å²) in [5.41, 5.74) is 0.0381. The maximum atomic E-state index is 14.1. The number of anilines is 1. The van der Waals surface area contributed by atoms with E-state index in [1.807, 2.05) is 0 Å². The number of rotatable bonds is 4. The molecule has 1 aliphatic rings. The predicted molar refractivity (Wildman–Crippen MR) is 71.3 cm³/mol. The van der Waals surface area contributed by atoms with Gasteiger partial charge in [0.15, 0.2) is 5.82 Å². The number of nitro benzene ring substituents is 1. The first kappa shape index (κ1) is 14.7. The van der Waals surface area contributed by atoms with E-state index in [9.17, 15) is 19.6 Å². The van der Waals surface area contributed by atoms with Gasteiger partial charge in [-0.1, -0.05) is 0 Å². The summed E-state index contributed by atoms with van der Waals surface area (Å²) in [6, 6.07) is 3.48. The molecule has 0 saturated carbocycles. The van der Waals surface area contributed by atoms with E-state index in [2.05, 4.69) is 0 Å². The topological polar surface area (TPSA) is 75.8 Å². The minimum absolute atomic E-state index is 0.139. The van der Waals surface area contributed by atoms with Crippen molar-refractivity contribution in [3.05, 3.63) is 34.1 Å². The van der Waals surface area contributed by atoms with Crippen molar-refractivity contribution >= 4 is 11.4 Å². The van der Waals surface area contributed by atoms with Gasteiger partial charge in [0.05, 0.1) is 42.0 Å². The molecule has 1 fully saturated rings. The molecule has 2 atom stereocenters. The number of hydrogen-bond donors (Lipinski definition) is 1. The van der Waals surface area contributed by atoms with Gasteiger partial charge in [-0.15, -0.1) is 0 Å². The fourth-order valence-corrected chi connectivity index (χ4v) is 2.40. The number of hydrogen-bond acceptors (Lipinski definition) is 5. The molecule has 1 aromatic carbocycles. The highest BCUT2D eigenvalue weighted by molar-refractivity contribution is 5.53. The molecule has 2 unspecified atom stereocenters. The maximum Gasteiger partial charge on any atom is 0.272 e. The van der Waals surface area contributed by atoms with E-state index in [-0.39, 0.29) is 11.7 Å². The van der Waals surface area contributed by atoms with Crippen molar-refractivity contribution in [3.63, 3.8) is 0 Å². The lowest BCUT2D eigenvalue weighted by Gasteiger charge is -2.38. The Morgan fingerprint density at radius 2 is 2.40 bits per heavy atom. The van der Waals surface area contributed by atoms with Gasteiger partial charge >= 0.3 is 0 Å². The van der Waals surface area contributed by atoms with E-state index < -0.39 is 16.8 Å². The molecular weight excluding hydrogens is 267 g/mol. The van der Waals surface area contributed by atoms with Crippen molar-refractivity contribution in [1.29, 1.82) is 0 Å². The Labute approximate surface area is 115 Å².